The van der Waals surface area contributed by atoms with E-state index in [0.29, 0.717) is 11.4 Å². The van der Waals surface area contributed by atoms with Crippen molar-refractivity contribution in [2.45, 2.75) is 13.8 Å². The summed E-state index contributed by atoms with van der Waals surface area (Å²) in [6.45, 7) is 3.47. The summed E-state index contributed by atoms with van der Waals surface area (Å²) >= 11 is 0. The number of benzene rings is 1. The second kappa shape index (κ2) is 4.94. The van der Waals surface area contributed by atoms with Crippen LogP contribution in [-0.4, -0.2) is 4.98 Å². The van der Waals surface area contributed by atoms with Crippen molar-refractivity contribution in [1.82, 2.24) is 4.98 Å². The van der Waals surface area contributed by atoms with Gasteiger partial charge in [0.05, 0.1) is 11.4 Å². The van der Waals surface area contributed by atoms with Crippen LogP contribution in [0.25, 0.3) is 0 Å². The van der Waals surface area contributed by atoms with Crippen molar-refractivity contribution in [1.29, 1.82) is 5.26 Å². The van der Waals surface area contributed by atoms with Crippen LogP contribution in [0.2, 0.25) is 0 Å². The molecule has 1 aromatic carbocycles. The highest BCUT2D eigenvalue weighted by Gasteiger charge is 2.14. The molecule has 1 aromatic heterocycles. The molecule has 0 aliphatic heterocycles. The Morgan fingerprint density at radius 3 is 2.74 bits per heavy atom. The van der Waals surface area contributed by atoms with Crippen LogP contribution in [0, 0.1) is 31.0 Å². The van der Waals surface area contributed by atoms with Gasteiger partial charge in [-0.2, -0.15) is 5.26 Å². The molecule has 0 aliphatic carbocycles. The van der Waals surface area contributed by atoms with E-state index in [9.17, 15) is 4.39 Å². The number of anilines is 1. The Morgan fingerprint density at radius 1 is 1.37 bits per heavy atom. The Bertz CT molecular complexity index is 657. The van der Waals surface area contributed by atoms with Crippen molar-refractivity contribution in [3.05, 3.63) is 47.0 Å². The predicted octanol–water partition coefficient (Wildman–Crippen LogP) is 3.08. The average molecular weight is 257 g/mol. The van der Waals surface area contributed by atoms with Gasteiger partial charge in [-0.15, -0.1) is 0 Å². The molecule has 4 nitrogen and oxygen atoms in total. The largest absolute Gasteiger partial charge is 0.451 e. The Kier molecular flexibility index (Phi) is 3.34. The highest BCUT2D eigenvalue weighted by molar-refractivity contribution is 5.56. The first-order valence-corrected chi connectivity index (χ1v) is 5.63. The number of nitrogen functional groups attached to an aromatic ring is 1. The van der Waals surface area contributed by atoms with E-state index in [4.69, 9.17) is 15.7 Å². The lowest BCUT2D eigenvalue weighted by Gasteiger charge is -2.12. The number of hydrogen-bond donors (Lipinski definition) is 1. The van der Waals surface area contributed by atoms with Crippen molar-refractivity contribution >= 4 is 5.69 Å². The van der Waals surface area contributed by atoms with Crippen molar-refractivity contribution in [3.8, 4) is 17.6 Å². The fourth-order valence-corrected chi connectivity index (χ4v) is 1.75. The number of nitriles is 1. The lowest BCUT2D eigenvalue weighted by Crippen LogP contribution is -1.99. The van der Waals surface area contributed by atoms with Gasteiger partial charge in [0.2, 0.25) is 0 Å². The molecule has 0 bridgehead atoms. The molecular weight excluding hydrogens is 245 g/mol. The first-order valence-electron chi connectivity index (χ1n) is 5.63. The molecule has 2 rings (SSSR count). The van der Waals surface area contributed by atoms with Gasteiger partial charge in [0.15, 0.2) is 11.6 Å². The molecule has 19 heavy (non-hydrogen) atoms. The highest BCUT2D eigenvalue weighted by Crippen LogP contribution is 2.32. The van der Waals surface area contributed by atoms with E-state index in [0.717, 1.165) is 0 Å². The molecular formula is C14H12FN3O. The first kappa shape index (κ1) is 12.8. The SMILES string of the molecule is Cc1cc(Oc2c(N)cccc2F)c(C#N)c(C)n1. The number of rotatable bonds is 2. The smallest absolute Gasteiger partial charge is 0.185 e. The Labute approximate surface area is 110 Å². The van der Waals surface area contributed by atoms with Crippen molar-refractivity contribution in [2.75, 3.05) is 5.73 Å². The number of nitrogens with zero attached hydrogens (tertiary/aromatic N) is 2. The van der Waals surface area contributed by atoms with Crippen LogP contribution in [0.5, 0.6) is 11.5 Å². The third-order valence-electron chi connectivity index (χ3n) is 2.61. The summed E-state index contributed by atoms with van der Waals surface area (Å²) in [4.78, 5) is 4.16. The zero-order valence-electron chi connectivity index (χ0n) is 10.6. The van der Waals surface area contributed by atoms with Crippen LogP contribution in [-0.2, 0) is 0 Å². The summed E-state index contributed by atoms with van der Waals surface area (Å²) in [5.74, 6) is -0.399. The molecule has 0 saturated heterocycles. The number of nitrogens with two attached hydrogens (primary N) is 1. The van der Waals surface area contributed by atoms with Gasteiger partial charge in [-0.3, -0.25) is 4.98 Å². The number of hydrogen-bond acceptors (Lipinski definition) is 4. The molecule has 2 N–H and O–H groups in total. The zero-order valence-corrected chi connectivity index (χ0v) is 10.6. The second-order valence-electron chi connectivity index (χ2n) is 4.09. The van der Waals surface area contributed by atoms with Gasteiger partial charge < -0.3 is 10.5 Å². The fourth-order valence-electron chi connectivity index (χ4n) is 1.75. The monoisotopic (exact) mass is 257 g/mol. The van der Waals surface area contributed by atoms with Crippen LogP contribution >= 0.6 is 0 Å². The minimum absolute atomic E-state index is 0.0796. The van der Waals surface area contributed by atoms with E-state index < -0.39 is 5.82 Å². The fraction of sp³-hybridized carbons (Fsp3) is 0.143. The third-order valence-corrected chi connectivity index (χ3v) is 2.61. The lowest BCUT2D eigenvalue weighted by molar-refractivity contribution is 0.442. The van der Waals surface area contributed by atoms with E-state index in [1.165, 1.54) is 18.2 Å². The van der Waals surface area contributed by atoms with Gasteiger partial charge in [-0.05, 0) is 26.0 Å². The molecule has 0 saturated carbocycles. The topological polar surface area (TPSA) is 71.9 Å². The molecule has 0 unspecified atom stereocenters. The van der Waals surface area contributed by atoms with Crippen molar-refractivity contribution < 1.29 is 9.13 Å². The van der Waals surface area contributed by atoms with E-state index in [1.54, 1.807) is 19.9 Å². The number of halogens is 1. The minimum atomic E-state index is -0.573. The van der Waals surface area contributed by atoms with Gasteiger partial charge >= 0.3 is 0 Å². The molecule has 1 heterocycles. The van der Waals surface area contributed by atoms with Gasteiger partial charge in [-0.1, -0.05) is 6.07 Å². The number of ether oxygens (including phenoxy) is 1. The zero-order chi connectivity index (χ0) is 14.0. The number of aryl methyl sites for hydroxylation is 2. The van der Waals surface area contributed by atoms with E-state index in [1.807, 2.05) is 6.07 Å². The molecule has 0 fully saturated rings. The maximum atomic E-state index is 13.7. The van der Waals surface area contributed by atoms with Crippen LogP contribution in [0.1, 0.15) is 17.0 Å². The van der Waals surface area contributed by atoms with E-state index in [-0.39, 0.29) is 22.7 Å². The summed E-state index contributed by atoms with van der Waals surface area (Å²) in [5.41, 5.74) is 7.34. The summed E-state index contributed by atoms with van der Waals surface area (Å²) < 4.78 is 19.1. The molecule has 0 amide bonds. The quantitative estimate of drug-likeness (QED) is 0.839. The highest BCUT2D eigenvalue weighted by atomic mass is 19.1. The first-order chi connectivity index (χ1) is 9.02. The second-order valence-corrected chi connectivity index (χ2v) is 4.09. The normalized spacial score (nSPS) is 10.0. The third kappa shape index (κ3) is 2.47. The molecule has 0 aliphatic rings. The number of pyridine rings is 1. The minimum Gasteiger partial charge on any atom is -0.451 e. The number of para-hydroxylation sites is 1. The van der Waals surface area contributed by atoms with Crippen LogP contribution in [0.4, 0.5) is 10.1 Å². The van der Waals surface area contributed by atoms with Gasteiger partial charge in [-0.25, -0.2) is 4.39 Å². The lowest BCUT2D eigenvalue weighted by atomic mass is 10.2. The maximum Gasteiger partial charge on any atom is 0.185 e. The summed E-state index contributed by atoms with van der Waals surface area (Å²) in [5, 5.41) is 9.11. The maximum absolute atomic E-state index is 13.7. The van der Waals surface area contributed by atoms with E-state index in [2.05, 4.69) is 4.98 Å². The molecule has 2 aromatic rings. The van der Waals surface area contributed by atoms with E-state index >= 15 is 0 Å². The standard InChI is InChI=1S/C14H12FN3O/c1-8-6-13(10(7-16)9(2)18-8)19-14-11(15)4-3-5-12(14)17/h3-6H,17H2,1-2H3. The van der Waals surface area contributed by atoms with Crippen LogP contribution in [0.3, 0.4) is 0 Å². The molecule has 5 heteroatoms. The summed E-state index contributed by atoms with van der Waals surface area (Å²) in [6, 6.07) is 7.85. The summed E-state index contributed by atoms with van der Waals surface area (Å²) in [6.07, 6.45) is 0. The average Bonchev–Trinajstić information content (AvgIpc) is 2.33. The Balaban J connectivity index is 2.53. The molecule has 0 radical (unpaired) electrons. The van der Waals surface area contributed by atoms with Crippen LogP contribution in [0.15, 0.2) is 24.3 Å². The van der Waals surface area contributed by atoms with Crippen LogP contribution < -0.4 is 10.5 Å². The molecule has 96 valence electrons. The summed E-state index contributed by atoms with van der Waals surface area (Å²) in [7, 11) is 0. The van der Waals surface area contributed by atoms with Crippen molar-refractivity contribution in [3.63, 3.8) is 0 Å². The Hall–Kier alpha value is -2.61. The van der Waals surface area contributed by atoms with Crippen molar-refractivity contribution in [2.24, 2.45) is 0 Å². The molecule has 0 atom stereocenters. The van der Waals surface area contributed by atoms with Gasteiger partial charge in [0.25, 0.3) is 0 Å². The number of aromatic nitrogens is 1. The predicted molar refractivity (Wildman–Crippen MR) is 69.3 cm³/mol. The molecule has 0 spiro atoms. The van der Waals surface area contributed by atoms with Gasteiger partial charge in [0, 0.05) is 11.8 Å². The van der Waals surface area contributed by atoms with Gasteiger partial charge in [0.1, 0.15) is 17.4 Å². The Morgan fingerprint density at radius 2 is 2.11 bits per heavy atom.